The number of nitrogens with zero attached hydrogens (tertiary/aromatic N) is 4. The van der Waals surface area contributed by atoms with Crippen LogP contribution in [0.2, 0.25) is 0 Å². The Labute approximate surface area is 146 Å². The number of nitrogens with one attached hydrogen (secondary N) is 1. The summed E-state index contributed by atoms with van der Waals surface area (Å²) in [5, 5.41) is 7.12. The van der Waals surface area contributed by atoms with E-state index in [4.69, 9.17) is 0 Å². The summed E-state index contributed by atoms with van der Waals surface area (Å²) in [7, 11) is 1.81. The summed E-state index contributed by atoms with van der Waals surface area (Å²) >= 11 is 0. The number of anilines is 1. The molecule has 2 amide bonds. The van der Waals surface area contributed by atoms with Gasteiger partial charge < -0.3 is 10.2 Å². The topological polar surface area (TPSA) is 80.1 Å². The molecule has 1 aliphatic carbocycles. The molecule has 0 unspecified atom stereocenters. The number of hydrogen-bond acceptors (Lipinski definition) is 4. The van der Waals surface area contributed by atoms with Gasteiger partial charge in [0.2, 0.25) is 11.8 Å². The molecule has 2 aromatic heterocycles. The van der Waals surface area contributed by atoms with Gasteiger partial charge in [-0.2, -0.15) is 5.10 Å². The number of pyridine rings is 1. The van der Waals surface area contributed by atoms with Crippen LogP contribution in [0.5, 0.6) is 0 Å². The summed E-state index contributed by atoms with van der Waals surface area (Å²) in [4.78, 5) is 31.5. The van der Waals surface area contributed by atoms with Crippen LogP contribution in [0.3, 0.4) is 0 Å². The van der Waals surface area contributed by atoms with Gasteiger partial charge >= 0.3 is 0 Å². The van der Waals surface area contributed by atoms with Gasteiger partial charge in [0.25, 0.3) is 0 Å². The summed E-state index contributed by atoms with van der Waals surface area (Å²) in [5.74, 6) is 0.309. The quantitative estimate of drug-likeness (QED) is 0.922. The van der Waals surface area contributed by atoms with Gasteiger partial charge in [0.1, 0.15) is 0 Å². The van der Waals surface area contributed by atoms with E-state index in [1.165, 1.54) is 0 Å². The van der Waals surface area contributed by atoms with E-state index >= 15 is 0 Å². The first-order valence-corrected chi connectivity index (χ1v) is 8.65. The summed E-state index contributed by atoms with van der Waals surface area (Å²) in [5.41, 5.74) is 0.969. The molecule has 7 heteroatoms. The van der Waals surface area contributed by atoms with Crippen LogP contribution in [0, 0.1) is 5.92 Å². The van der Waals surface area contributed by atoms with E-state index in [1.807, 2.05) is 24.1 Å². The normalized spacial score (nSPS) is 23.6. The van der Waals surface area contributed by atoms with Crippen molar-refractivity contribution < 1.29 is 9.59 Å². The van der Waals surface area contributed by atoms with Crippen LogP contribution >= 0.6 is 0 Å². The second-order valence-corrected chi connectivity index (χ2v) is 6.77. The van der Waals surface area contributed by atoms with Gasteiger partial charge in [-0.3, -0.25) is 19.3 Å². The number of likely N-dealkylation sites (tertiary alicyclic amines) is 1. The van der Waals surface area contributed by atoms with Crippen LogP contribution in [0.25, 0.3) is 0 Å². The van der Waals surface area contributed by atoms with Gasteiger partial charge in [0.15, 0.2) is 5.82 Å². The molecule has 0 spiro atoms. The predicted octanol–water partition coefficient (Wildman–Crippen LogP) is 1.90. The van der Waals surface area contributed by atoms with E-state index < -0.39 is 0 Å². The maximum absolute atomic E-state index is 12.9. The first kappa shape index (κ1) is 15.8. The van der Waals surface area contributed by atoms with Crippen LogP contribution in [-0.4, -0.2) is 37.5 Å². The fraction of sp³-hybridized carbons (Fsp3) is 0.444. The van der Waals surface area contributed by atoms with Gasteiger partial charge in [0, 0.05) is 44.2 Å². The third-order valence-corrected chi connectivity index (χ3v) is 4.93. The van der Waals surface area contributed by atoms with E-state index in [2.05, 4.69) is 15.4 Å². The number of piperidine rings is 1. The van der Waals surface area contributed by atoms with Gasteiger partial charge in [0.05, 0.1) is 12.0 Å². The van der Waals surface area contributed by atoms with Gasteiger partial charge in [-0.05, 0) is 37.0 Å². The Morgan fingerprint density at radius 1 is 1.20 bits per heavy atom. The van der Waals surface area contributed by atoms with E-state index in [0.29, 0.717) is 18.7 Å². The highest BCUT2D eigenvalue weighted by Crippen LogP contribution is 2.43. The molecule has 25 heavy (non-hydrogen) atoms. The molecule has 130 valence electrons. The number of carbonyl (C=O) groups is 2. The van der Waals surface area contributed by atoms with Crippen LogP contribution in [0.1, 0.15) is 37.3 Å². The Morgan fingerprint density at radius 2 is 1.96 bits per heavy atom. The summed E-state index contributed by atoms with van der Waals surface area (Å²) in [6.07, 6.45) is 8.22. The predicted molar refractivity (Wildman–Crippen MR) is 91.4 cm³/mol. The van der Waals surface area contributed by atoms with Crippen LogP contribution in [0.15, 0.2) is 36.8 Å². The fourth-order valence-corrected chi connectivity index (χ4v) is 3.63. The van der Waals surface area contributed by atoms with Crippen molar-refractivity contribution in [2.45, 2.75) is 37.8 Å². The van der Waals surface area contributed by atoms with Gasteiger partial charge in [-0.25, -0.2) is 0 Å². The third kappa shape index (κ3) is 3.14. The minimum absolute atomic E-state index is 0.0846. The highest BCUT2D eigenvalue weighted by atomic mass is 16.2. The lowest BCUT2D eigenvalue weighted by Crippen LogP contribution is -2.47. The van der Waals surface area contributed by atoms with E-state index in [0.717, 1.165) is 18.4 Å². The minimum Gasteiger partial charge on any atom is -0.332 e. The Hall–Kier alpha value is -2.70. The standard InChI is InChI=1S/C18H21N5O2/c1-22-11-8-15(21-22)20-18(25)14-4-5-16(24)23(13-2-3-13)17(14)12-6-9-19-10-7-12/h6-11,13-14,17H,2-5H2,1H3,(H,20,21,25)/t14-,17+/m0/s1. The highest BCUT2D eigenvalue weighted by molar-refractivity contribution is 5.94. The molecule has 2 aromatic rings. The Balaban J connectivity index is 1.64. The molecule has 1 N–H and O–H groups in total. The number of carbonyl (C=O) groups excluding carboxylic acids is 2. The van der Waals surface area contributed by atoms with Crippen molar-refractivity contribution in [2.75, 3.05) is 5.32 Å². The largest absolute Gasteiger partial charge is 0.332 e. The summed E-state index contributed by atoms with van der Waals surface area (Å²) in [6.45, 7) is 0. The lowest BCUT2D eigenvalue weighted by Gasteiger charge is -2.41. The molecule has 1 saturated carbocycles. The Morgan fingerprint density at radius 3 is 2.60 bits per heavy atom. The number of aryl methyl sites for hydroxylation is 1. The van der Waals surface area contributed by atoms with Crippen molar-refractivity contribution in [3.8, 4) is 0 Å². The second kappa shape index (κ2) is 6.31. The molecule has 2 fully saturated rings. The average molecular weight is 339 g/mol. The third-order valence-electron chi connectivity index (χ3n) is 4.93. The van der Waals surface area contributed by atoms with Crippen molar-refractivity contribution in [2.24, 2.45) is 13.0 Å². The van der Waals surface area contributed by atoms with Crippen LogP contribution in [-0.2, 0) is 16.6 Å². The zero-order valence-electron chi connectivity index (χ0n) is 14.1. The van der Waals surface area contributed by atoms with Crippen molar-refractivity contribution in [3.05, 3.63) is 42.4 Å². The van der Waals surface area contributed by atoms with Crippen molar-refractivity contribution in [1.29, 1.82) is 0 Å². The summed E-state index contributed by atoms with van der Waals surface area (Å²) < 4.78 is 1.65. The number of rotatable bonds is 4. The average Bonchev–Trinajstić information content (AvgIpc) is 3.37. The molecule has 2 atom stereocenters. The first-order chi connectivity index (χ1) is 12.1. The lowest BCUT2D eigenvalue weighted by atomic mass is 9.83. The zero-order valence-corrected chi connectivity index (χ0v) is 14.1. The fourth-order valence-electron chi connectivity index (χ4n) is 3.63. The van der Waals surface area contributed by atoms with Crippen molar-refractivity contribution in [1.82, 2.24) is 19.7 Å². The molecule has 2 aliphatic rings. The van der Waals surface area contributed by atoms with E-state index in [1.54, 1.807) is 29.3 Å². The highest BCUT2D eigenvalue weighted by Gasteiger charge is 2.46. The number of hydrogen-bond donors (Lipinski definition) is 1. The molecule has 0 radical (unpaired) electrons. The molecule has 4 rings (SSSR count). The molecule has 3 heterocycles. The smallest absolute Gasteiger partial charge is 0.231 e. The minimum atomic E-state index is -0.289. The maximum Gasteiger partial charge on any atom is 0.231 e. The first-order valence-electron chi connectivity index (χ1n) is 8.65. The maximum atomic E-state index is 12.9. The second-order valence-electron chi connectivity index (χ2n) is 6.77. The monoisotopic (exact) mass is 339 g/mol. The van der Waals surface area contributed by atoms with Crippen LogP contribution < -0.4 is 5.32 Å². The molecular formula is C18H21N5O2. The molecule has 0 aromatic carbocycles. The van der Waals surface area contributed by atoms with Crippen molar-refractivity contribution in [3.63, 3.8) is 0 Å². The molecule has 1 aliphatic heterocycles. The van der Waals surface area contributed by atoms with E-state index in [-0.39, 0.29) is 29.8 Å². The molecule has 7 nitrogen and oxygen atoms in total. The molecule has 1 saturated heterocycles. The zero-order chi connectivity index (χ0) is 17.4. The number of aromatic nitrogens is 3. The molecular weight excluding hydrogens is 318 g/mol. The van der Waals surface area contributed by atoms with Gasteiger partial charge in [-0.15, -0.1) is 0 Å². The Kier molecular flexibility index (Phi) is 3.99. The van der Waals surface area contributed by atoms with Gasteiger partial charge in [-0.1, -0.05) is 0 Å². The lowest BCUT2D eigenvalue weighted by molar-refractivity contribution is -0.142. The number of amides is 2. The Bertz CT molecular complexity index is 784. The van der Waals surface area contributed by atoms with Crippen molar-refractivity contribution >= 4 is 17.6 Å². The molecule has 0 bridgehead atoms. The van der Waals surface area contributed by atoms with E-state index in [9.17, 15) is 9.59 Å². The SMILES string of the molecule is Cn1ccc(NC(=O)[C@H]2CCC(=O)N(C3CC3)[C@@H]2c2ccncc2)n1. The summed E-state index contributed by atoms with van der Waals surface area (Å²) in [6, 6.07) is 5.60. The van der Waals surface area contributed by atoms with Crippen LogP contribution in [0.4, 0.5) is 5.82 Å².